The number of hydrazone groups is 2. The van der Waals surface area contributed by atoms with Gasteiger partial charge in [-0.25, -0.2) is 10.9 Å². The van der Waals surface area contributed by atoms with Gasteiger partial charge in [0, 0.05) is 0 Å². The lowest BCUT2D eigenvalue weighted by Crippen LogP contribution is -2.29. The highest BCUT2D eigenvalue weighted by Gasteiger charge is 2.11. The molecule has 2 rings (SSSR count). The minimum atomic E-state index is -0.307. The van der Waals surface area contributed by atoms with Crippen LogP contribution in [-0.4, -0.2) is 34.2 Å². The number of rotatable bonds is 8. The van der Waals surface area contributed by atoms with Gasteiger partial charge in [0.05, 0.1) is 24.3 Å². The van der Waals surface area contributed by atoms with Gasteiger partial charge < -0.3 is 5.21 Å². The SMILES string of the molecule is CC(=NNC(=O)Cc1ccccc1)C(=NO)/C(C)=N/NC(=O)Cc1ccccc1. The fourth-order valence-electron chi connectivity index (χ4n) is 2.45. The molecule has 0 aliphatic carbocycles. The van der Waals surface area contributed by atoms with E-state index in [0.717, 1.165) is 11.1 Å². The molecule has 0 spiro atoms. The van der Waals surface area contributed by atoms with Crippen molar-refractivity contribution in [3.05, 3.63) is 71.8 Å². The number of oxime groups is 1. The molecule has 0 radical (unpaired) electrons. The normalized spacial score (nSPS) is 12.4. The molecule has 0 unspecified atom stereocenters. The fraction of sp³-hybridized carbons (Fsp3) is 0.190. The number of nitrogens with zero attached hydrogens (tertiary/aromatic N) is 3. The Morgan fingerprint density at radius 2 is 1.14 bits per heavy atom. The molecule has 0 aliphatic heterocycles. The Balaban J connectivity index is 1.92. The van der Waals surface area contributed by atoms with Gasteiger partial charge in [0.1, 0.15) is 5.71 Å². The molecule has 29 heavy (non-hydrogen) atoms. The second-order valence-corrected chi connectivity index (χ2v) is 6.24. The molecule has 2 amide bonds. The third-order valence-corrected chi connectivity index (χ3v) is 3.90. The first-order valence-corrected chi connectivity index (χ1v) is 8.96. The zero-order valence-electron chi connectivity index (χ0n) is 16.3. The van der Waals surface area contributed by atoms with Crippen molar-refractivity contribution < 1.29 is 14.8 Å². The molecule has 150 valence electrons. The smallest absolute Gasteiger partial charge is 0.244 e. The van der Waals surface area contributed by atoms with Crippen LogP contribution in [0.4, 0.5) is 0 Å². The maximum absolute atomic E-state index is 12.0. The van der Waals surface area contributed by atoms with Crippen LogP contribution in [0.5, 0.6) is 0 Å². The molecule has 0 saturated heterocycles. The quantitative estimate of drug-likeness (QED) is 0.363. The number of amides is 2. The summed E-state index contributed by atoms with van der Waals surface area (Å²) in [5.74, 6) is -0.614. The van der Waals surface area contributed by atoms with Gasteiger partial charge in [0.15, 0.2) is 0 Å². The van der Waals surface area contributed by atoms with Crippen LogP contribution in [0.3, 0.4) is 0 Å². The molecule has 0 heterocycles. The molecule has 0 fully saturated rings. The van der Waals surface area contributed by atoms with E-state index in [1.807, 2.05) is 60.7 Å². The van der Waals surface area contributed by atoms with Gasteiger partial charge in [-0.05, 0) is 25.0 Å². The average Bonchev–Trinajstić information content (AvgIpc) is 2.73. The van der Waals surface area contributed by atoms with Crippen LogP contribution >= 0.6 is 0 Å². The number of benzene rings is 2. The highest BCUT2D eigenvalue weighted by molar-refractivity contribution is 6.67. The van der Waals surface area contributed by atoms with Crippen molar-refractivity contribution in [3.8, 4) is 0 Å². The standard InChI is InChI=1S/C21H23N5O3/c1-15(22-24-19(27)13-17-9-5-3-6-10-17)21(26-29)16(2)23-25-20(28)14-18-11-7-4-8-12-18/h3-12,29H,13-14H2,1-2H3,(H,24,27)(H,25,28)/b22-15+,23-16?,26-21?. The van der Waals surface area contributed by atoms with Gasteiger partial charge in [0.2, 0.25) is 11.8 Å². The summed E-state index contributed by atoms with van der Waals surface area (Å²) in [4.78, 5) is 24.0. The van der Waals surface area contributed by atoms with Gasteiger partial charge in [-0.2, -0.15) is 10.2 Å². The monoisotopic (exact) mass is 393 g/mol. The molecule has 3 N–H and O–H groups in total. The second kappa shape index (κ2) is 11.1. The fourth-order valence-corrected chi connectivity index (χ4v) is 2.45. The average molecular weight is 393 g/mol. The van der Waals surface area contributed by atoms with Crippen LogP contribution in [-0.2, 0) is 22.4 Å². The Hall–Kier alpha value is -3.81. The topological polar surface area (TPSA) is 116 Å². The van der Waals surface area contributed by atoms with Crippen LogP contribution in [0.15, 0.2) is 76.0 Å². The molecule has 0 bridgehead atoms. The number of carbonyl (C=O) groups excluding carboxylic acids is 2. The summed E-state index contributed by atoms with van der Waals surface area (Å²) >= 11 is 0. The van der Waals surface area contributed by atoms with E-state index >= 15 is 0 Å². The number of hydrogen-bond acceptors (Lipinski definition) is 6. The Morgan fingerprint density at radius 3 is 1.48 bits per heavy atom. The molecule has 0 aliphatic rings. The molecule has 0 atom stereocenters. The number of nitrogens with one attached hydrogen (secondary N) is 2. The maximum Gasteiger partial charge on any atom is 0.244 e. The summed E-state index contributed by atoms with van der Waals surface area (Å²) < 4.78 is 0. The Labute approximate surface area is 169 Å². The van der Waals surface area contributed by atoms with Gasteiger partial charge in [-0.3, -0.25) is 9.59 Å². The van der Waals surface area contributed by atoms with Crippen molar-refractivity contribution >= 4 is 28.9 Å². The first-order chi connectivity index (χ1) is 14.0. The highest BCUT2D eigenvalue weighted by atomic mass is 16.4. The Bertz CT molecular complexity index is 848. The van der Waals surface area contributed by atoms with Crippen LogP contribution in [0.2, 0.25) is 0 Å². The minimum Gasteiger partial charge on any atom is -0.410 e. The first kappa shape index (κ1) is 21.5. The summed E-state index contributed by atoms with van der Waals surface area (Å²) in [5, 5.41) is 20.3. The van der Waals surface area contributed by atoms with E-state index in [9.17, 15) is 14.8 Å². The van der Waals surface area contributed by atoms with Crippen molar-refractivity contribution in [2.75, 3.05) is 0 Å². The zero-order chi connectivity index (χ0) is 21.1. The lowest BCUT2D eigenvalue weighted by atomic mass is 10.1. The van der Waals surface area contributed by atoms with Crippen molar-refractivity contribution in [2.45, 2.75) is 26.7 Å². The van der Waals surface area contributed by atoms with E-state index in [0.29, 0.717) is 0 Å². The molecule has 0 aromatic heterocycles. The van der Waals surface area contributed by atoms with E-state index in [-0.39, 0.29) is 41.8 Å². The highest BCUT2D eigenvalue weighted by Crippen LogP contribution is 2.00. The van der Waals surface area contributed by atoms with E-state index in [1.54, 1.807) is 13.8 Å². The van der Waals surface area contributed by atoms with Crippen molar-refractivity contribution in [1.82, 2.24) is 10.9 Å². The van der Waals surface area contributed by atoms with E-state index in [4.69, 9.17) is 0 Å². The third kappa shape index (κ3) is 7.37. The Kier molecular flexibility index (Phi) is 8.25. The van der Waals surface area contributed by atoms with Gasteiger partial charge in [0.25, 0.3) is 0 Å². The predicted octanol–water partition coefficient (Wildman–Crippen LogP) is 2.29. The van der Waals surface area contributed by atoms with Crippen molar-refractivity contribution in [3.63, 3.8) is 0 Å². The largest absolute Gasteiger partial charge is 0.410 e. The summed E-state index contributed by atoms with van der Waals surface area (Å²) in [6, 6.07) is 18.5. The molecule has 8 heteroatoms. The van der Waals surface area contributed by atoms with Gasteiger partial charge in [-0.15, -0.1) is 0 Å². The molecular weight excluding hydrogens is 370 g/mol. The molecule has 8 nitrogen and oxygen atoms in total. The zero-order valence-corrected chi connectivity index (χ0v) is 16.3. The third-order valence-electron chi connectivity index (χ3n) is 3.90. The first-order valence-electron chi connectivity index (χ1n) is 8.96. The van der Waals surface area contributed by atoms with Crippen molar-refractivity contribution in [1.29, 1.82) is 0 Å². The van der Waals surface area contributed by atoms with Gasteiger partial charge >= 0.3 is 0 Å². The van der Waals surface area contributed by atoms with Crippen LogP contribution in [0.25, 0.3) is 0 Å². The van der Waals surface area contributed by atoms with Crippen molar-refractivity contribution in [2.24, 2.45) is 15.4 Å². The summed E-state index contributed by atoms with van der Waals surface area (Å²) in [6.45, 7) is 3.12. The summed E-state index contributed by atoms with van der Waals surface area (Å²) in [7, 11) is 0. The second-order valence-electron chi connectivity index (χ2n) is 6.24. The van der Waals surface area contributed by atoms with Gasteiger partial charge in [-0.1, -0.05) is 65.8 Å². The Morgan fingerprint density at radius 1 is 0.759 bits per heavy atom. The number of hydrogen-bond donors (Lipinski definition) is 3. The summed E-state index contributed by atoms with van der Waals surface area (Å²) in [6.07, 6.45) is 0.345. The van der Waals surface area contributed by atoms with E-state index < -0.39 is 0 Å². The minimum absolute atomic E-state index is 0.0463. The number of carbonyl (C=O) groups is 2. The summed E-state index contributed by atoms with van der Waals surface area (Å²) in [5.41, 5.74) is 7.07. The van der Waals surface area contributed by atoms with E-state index in [1.165, 1.54) is 0 Å². The molecular formula is C21H23N5O3. The molecule has 2 aromatic carbocycles. The molecule has 0 saturated carbocycles. The van der Waals surface area contributed by atoms with E-state index in [2.05, 4.69) is 26.2 Å². The van der Waals surface area contributed by atoms with Crippen LogP contribution in [0, 0.1) is 0 Å². The lowest BCUT2D eigenvalue weighted by Gasteiger charge is -2.06. The maximum atomic E-state index is 12.0. The molecule has 2 aromatic rings. The van der Waals surface area contributed by atoms with Crippen LogP contribution < -0.4 is 10.9 Å². The lowest BCUT2D eigenvalue weighted by molar-refractivity contribution is -0.121. The predicted molar refractivity (Wildman–Crippen MR) is 112 cm³/mol. The van der Waals surface area contributed by atoms with Crippen LogP contribution in [0.1, 0.15) is 25.0 Å².